The third kappa shape index (κ3) is 0.817. The number of hydrogen-bond donors (Lipinski definition) is 0. The molecule has 50 valence electrons. The molecule has 0 aromatic carbocycles. The standard InChI is InChI=1S/C8H8N2/c1-3-7(9-5-1)8-4-2-6-10-8/h1-2,5-6H,3-4H2. The summed E-state index contributed by atoms with van der Waals surface area (Å²) in [5.41, 5.74) is 2.26. The van der Waals surface area contributed by atoms with Gasteiger partial charge in [-0.05, 0) is 0 Å². The fourth-order valence-corrected chi connectivity index (χ4v) is 1.10. The lowest BCUT2D eigenvalue weighted by molar-refractivity contribution is 1.50. The first-order valence-electron chi connectivity index (χ1n) is 3.40. The van der Waals surface area contributed by atoms with E-state index in [1.54, 1.807) is 0 Å². The van der Waals surface area contributed by atoms with Crippen LogP contribution in [0.25, 0.3) is 0 Å². The van der Waals surface area contributed by atoms with E-state index in [0.717, 1.165) is 24.3 Å². The number of hydrogen-bond acceptors (Lipinski definition) is 2. The van der Waals surface area contributed by atoms with Crippen LogP contribution in [0.5, 0.6) is 0 Å². The van der Waals surface area contributed by atoms with Crippen molar-refractivity contribution in [3.8, 4) is 0 Å². The molecule has 0 bridgehead atoms. The molecule has 2 heterocycles. The second-order valence-electron chi connectivity index (χ2n) is 2.33. The van der Waals surface area contributed by atoms with Crippen LogP contribution < -0.4 is 0 Å². The highest BCUT2D eigenvalue weighted by molar-refractivity contribution is 6.44. The van der Waals surface area contributed by atoms with Crippen molar-refractivity contribution in [2.75, 3.05) is 0 Å². The Hall–Kier alpha value is -1.18. The zero-order valence-electron chi connectivity index (χ0n) is 5.62. The Bertz CT molecular complexity index is 228. The summed E-state index contributed by atoms with van der Waals surface area (Å²) in [7, 11) is 0. The minimum absolute atomic E-state index is 0.959. The highest BCUT2D eigenvalue weighted by Gasteiger charge is 2.09. The van der Waals surface area contributed by atoms with Crippen LogP contribution in [0.4, 0.5) is 0 Å². The molecule has 2 rings (SSSR count). The van der Waals surface area contributed by atoms with E-state index >= 15 is 0 Å². The molecule has 2 heteroatoms. The summed E-state index contributed by atoms with van der Waals surface area (Å²) in [6, 6.07) is 0. The van der Waals surface area contributed by atoms with E-state index in [0.29, 0.717) is 0 Å². The van der Waals surface area contributed by atoms with Crippen LogP contribution in [0.3, 0.4) is 0 Å². The zero-order chi connectivity index (χ0) is 6.81. The Morgan fingerprint density at radius 1 is 0.900 bits per heavy atom. The summed E-state index contributed by atoms with van der Waals surface area (Å²) < 4.78 is 0. The van der Waals surface area contributed by atoms with E-state index < -0.39 is 0 Å². The Labute approximate surface area is 59.7 Å². The second-order valence-corrected chi connectivity index (χ2v) is 2.33. The summed E-state index contributed by atoms with van der Waals surface area (Å²) >= 11 is 0. The van der Waals surface area contributed by atoms with Crippen molar-refractivity contribution in [2.45, 2.75) is 12.8 Å². The molecule has 2 aliphatic heterocycles. The van der Waals surface area contributed by atoms with Gasteiger partial charge in [-0.1, -0.05) is 12.2 Å². The smallest absolute Gasteiger partial charge is 0.0659 e. The van der Waals surface area contributed by atoms with Gasteiger partial charge in [0, 0.05) is 25.2 Å². The summed E-state index contributed by atoms with van der Waals surface area (Å²) in [4.78, 5) is 8.37. The average molecular weight is 132 g/mol. The molecule has 10 heavy (non-hydrogen) atoms. The largest absolute Gasteiger partial charge is 0.259 e. The molecular weight excluding hydrogens is 124 g/mol. The summed E-state index contributed by atoms with van der Waals surface area (Å²) in [5, 5.41) is 0. The molecule has 0 radical (unpaired) electrons. The molecular formula is C8H8N2. The minimum atomic E-state index is 0.959. The lowest BCUT2D eigenvalue weighted by Gasteiger charge is -1.95. The van der Waals surface area contributed by atoms with E-state index in [1.165, 1.54) is 0 Å². The molecule has 0 N–H and O–H groups in total. The first-order chi connectivity index (χ1) is 4.97. The summed E-state index contributed by atoms with van der Waals surface area (Å²) in [6.45, 7) is 0. The molecule has 0 aromatic rings. The number of allylic oxidation sites excluding steroid dienone is 2. The van der Waals surface area contributed by atoms with Crippen molar-refractivity contribution in [1.29, 1.82) is 0 Å². The third-order valence-electron chi connectivity index (χ3n) is 1.63. The highest BCUT2D eigenvalue weighted by atomic mass is 14.8. The maximum atomic E-state index is 4.18. The molecule has 0 saturated carbocycles. The molecule has 0 spiro atoms. The maximum absolute atomic E-state index is 4.18. The number of aliphatic imine (C=N–C) groups is 2. The molecule has 0 fully saturated rings. The molecule has 0 aliphatic carbocycles. The predicted molar refractivity (Wildman–Crippen MR) is 42.4 cm³/mol. The first-order valence-corrected chi connectivity index (χ1v) is 3.40. The van der Waals surface area contributed by atoms with Gasteiger partial charge in [-0.15, -0.1) is 0 Å². The fraction of sp³-hybridized carbons (Fsp3) is 0.250. The molecule has 0 saturated heterocycles. The molecule has 2 nitrogen and oxygen atoms in total. The lowest BCUT2D eigenvalue weighted by Crippen LogP contribution is -2.07. The van der Waals surface area contributed by atoms with Gasteiger partial charge in [-0.2, -0.15) is 0 Å². The third-order valence-corrected chi connectivity index (χ3v) is 1.63. The average Bonchev–Trinajstić information content (AvgIpc) is 2.59. The molecule has 2 aliphatic rings. The molecule has 0 atom stereocenters. The minimum Gasteiger partial charge on any atom is -0.259 e. The van der Waals surface area contributed by atoms with Crippen LogP contribution >= 0.6 is 0 Å². The second kappa shape index (κ2) is 2.21. The normalized spacial score (nSPS) is 21.6. The Morgan fingerprint density at radius 3 is 1.70 bits per heavy atom. The lowest BCUT2D eigenvalue weighted by atomic mass is 10.1. The predicted octanol–water partition coefficient (Wildman–Crippen LogP) is 1.70. The van der Waals surface area contributed by atoms with Crippen LogP contribution in [-0.4, -0.2) is 11.4 Å². The van der Waals surface area contributed by atoms with Gasteiger partial charge < -0.3 is 0 Å². The maximum Gasteiger partial charge on any atom is 0.0659 e. The van der Waals surface area contributed by atoms with Gasteiger partial charge in [-0.3, -0.25) is 9.98 Å². The van der Waals surface area contributed by atoms with Gasteiger partial charge in [0.15, 0.2) is 0 Å². The van der Waals surface area contributed by atoms with Crippen molar-refractivity contribution >= 4 is 11.4 Å². The van der Waals surface area contributed by atoms with Gasteiger partial charge in [0.25, 0.3) is 0 Å². The van der Waals surface area contributed by atoms with Crippen molar-refractivity contribution < 1.29 is 0 Å². The van der Waals surface area contributed by atoms with Crippen molar-refractivity contribution in [1.82, 2.24) is 0 Å². The highest BCUT2D eigenvalue weighted by Crippen LogP contribution is 2.08. The molecule has 0 amide bonds. The van der Waals surface area contributed by atoms with Gasteiger partial charge >= 0.3 is 0 Å². The Balaban J connectivity index is 2.15. The van der Waals surface area contributed by atoms with Crippen molar-refractivity contribution in [3.05, 3.63) is 24.6 Å². The van der Waals surface area contributed by atoms with E-state index in [4.69, 9.17) is 0 Å². The topological polar surface area (TPSA) is 24.7 Å². The summed E-state index contributed by atoms with van der Waals surface area (Å²) in [5.74, 6) is 0. The fourth-order valence-electron chi connectivity index (χ4n) is 1.10. The zero-order valence-corrected chi connectivity index (χ0v) is 5.62. The van der Waals surface area contributed by atoms with E-state index in [2.05, 4.69) is 22.1 Å². The van der Waals surface area contributed by atoms with Crippen LogP contribution in [0.2, 0.25) is 0 Å². The molecule has 0 unspecified atom stereocenters. The van der Waals surface area contributed by atoms with Crippen LogP contribution in [-0.2, 0) is 0 Å². The van der Waals surface area contributed by atoms with E-state index in [1.807, 2.05) is 12.4 Å². The summed E-state index contributed by atoms with van der Waals surface area (Å²) in [6.07, 6.45) is 9.71. The van der Waals surface area contributed by atoms with Crippen LogP contribution in [0.15, 0.2) is 34.5 Å². The Morgan fingerprint density at radius 2 is 1.40 bits per heavy atom. The van der Waals surface area contributed by atoms with Crippen molar-refractivity contribution in [2.24, 2.45) is 9.98 Å². The van der Waals surface area contributed by atoms with E-state index in [-0.39, 0.29) is 0 Å². The molecule has 0 aromatic heterocycles. The number of nitrogens with zero attached hydrogens (tertiary/aromatic N) is 2. The van der Waals surface area contributed by atoms with E-state index in [9.17, 15) is 0 Å². The van der Waals surface area contributed by atoms with Crippen LogP contribution in [0, 0.1) is 0 Å². The van der Waals surface area contributed by atoms with Gasteiger partial charge in [-0.25, -0.2) is 0 Å². The first kappa shape index (κ1) is 5.59. The van der Waals surface area contributed by atoms with Gasteiger partial charge in [0.1, 0.15) is 0 Å². The SMILES string of the molecule is C1=CN=C(C2=NC=CC2)C1. The van der Waals surface area contributed by atoms with Crippen molar-refractivity contribution in [3.63, 3.8) is 0 Å². The quantitative estimate of drug-likeness (QED) is 0.518. The Kier molecular flexibility index (Phi) is 1.24. The van der Waals surface area contributed by atoms with Gasteiger partial charge in [0.05, 0.1) is 11.4 Å². The monoisotopic (exact) mass is 132 g/mol. The van der Waals surface area contributed by atoms with Gasteiger partial charge in [0.2, 0.25) is 0 Å². The number of rotatable bonds is 1. The van der Waals surface area contributed by atoms with Crippen LogP contribution in [0.1, 0.15) is 12.8 Å².